The Morgan fingerprint density at radius 1 is 0.800 bits per heavy atom. The smallest absolute Gasteiger partial charge is 0.261 e. The van der Waals surface area contributed by atoms with Crippen molar-refractivity contribution in [3.05, 3.63) is 83.4 Å². The zero-order chi connectivity index (χ0) is 21.7. The summed E-state index contributed by atoms with van der Waals surface area (Å²) >= 11 is 6.15. The first-order valence-electron chi connectivity index (χ1n) is 8.81. The van der Waals surface area contributed by atoms with Gasteiger partial charge < -0.3 is 10.6 Å². The number of hydrogen-bond acceptors (Lipinski definition) is 4. The summed E-state index contributed by atoms with van der Waals surface area (Å²) in [5.41, 5.74) is 1.25. The molecule has 3 rings (SSSR count). The van der Waals surface area contributed by atoms with Crippen LogP contribution in [0.3, 0.4) is 0 Å². The predicted octanol–water partition coefficient (Wildman–Crippen LogP) is 4.35. The van der Waals surface area contributed by atoms with Gasteiger partial charge in [-0.15, -0.1) is 0 Å². The minimum Gasteiger partial charge on any atom is -0.326 e. The first-order chi connectivity index (χ1) is 14.2. The number of rotatable bonds is 6. The van der Waals surface area contributed by atoms with Crippen LogP contribution in [0.1, 0.15) is 17.3 Å². The first-order valence-corrected chi connectivity index (χ1v) is 10.7. The molecule has 0 heterocycles. The zero-order valence-corrected chi connectivity index (χ0v) is 17.4. The lowest BCUT2D eigenvalue weighted by molar-refractivity contribution is -0.114. The minimum atomic E-state index is -3.81. The largest absolute Gasteiger partial charge is 0.326 e. The van der Waals surface area contributed by atoms with Crippen LogP contribution >= 0.6 is 11.6 Å². The maximum Gasteiger partial charge on any atom is 0.261 e. The Bertz CT molecular complexity index is 1200. The molecule has 0 aliphatic heterocycles. The molecular formula is C21H18ClN3O4S. The molecule has 0 saturated carbocycles. The van der Waals surface area contributed by atoms with Crippen molar-refractivity contribution in [2.24, 2.45) is 0 Å². The van der Waals surface area contributed by atoms with Crippen LogP contribution in [0.25, 0.3) is 0 Å². The highest BCUT2D eigenvalue weighted by molar-refractivity contribution is 7.92. The van der Waals surface area contributed by atoms with Crippen molar-refractivity contribution in [3.8, 4) is 0 Å². The van der Waals surface area contributed by atoms with Gasteiger partial charge in [0.05, 0.1) is 15.5 Å². The first kappa shape index (κ1) is 21.4. The highest BCUT2D eigenvalue weighted by atomic mass is 35.5. The molecule has 0 aliphatic rings. The third-order valence-electron chi connectivity index (χ3n) is 3.96. The van der Waals surface area contributed by atoms with Crippen LogP contribution in [0.5, 0.6) is 0 Å². The molecule has 9 heteroatoms. The van der Waals surface area contributed by atoms with Crippen molar-refractivity contribution >= 4 is 50.5 Å². The van der Waals surface area contributed by atoms with Crippen LogP contribution < -0.4 is 15.4 Å². The van der Waals surface area contributed by atoms with Gasteiger partial charge in [-0.25, -0.2) is 8.42 Å². The van der Waals surface area contributed by atoms with E-state index in [-0.39, 0.29) is 27.1 Å². The normalized spacial score (nSPS) is 10.9. The van der Waals surface area contributed by atoms with Gasteiger partial charge in [0.25, 0.3) is 15.9 Å². The van der Waals surface area contributed by atoms with Gasteiger partial charge in [-0.05, 0) is 48.5 Å². The molecule has 0 fully saturated rings. The van der Waals surface area contributed by atoms with E-state index < -0.39 is 15.9 Å². The lowest BCUT2D eigenvalue weighted by Crippen LogP contribution is -2.16. The highest BCUT2D eigenvalue weighted by Gasteiger charge is 2.17. The molecule has 3 aromatic carbocycles. The van der Waals surface area contributed by atoms with Gasteiger partial charge in [0, 0.05) is 24.0 Å². The van der Waals surface area contributed by atoms with Crippen molar-refractivity contribution in [2.45, 2.75) is 11.8 Å². The Balaban J connectivity index is 1.81. The number of benzene rings is 3. The van der Waals surface area contributed by atoms with Crippen LogP contribution in [-0.2, 0) is 14.8 Å². The number of carbonyl (C=O) groups is 2. The second kappa shape index (κ2) is 8.98. The van der Waals surface area contributed by atoms with Crippen LogP contribution in [0.15, 0.2) is 77.7 Å². The van der Waals surface area contributed by atoms with E-state index in [0.717, 1.165) is 0 Å². The molecule has 0 atom stereocenters. The summed E-state index contributed by atoms with van der Waals surface area (Å²) in [5, 5.41) is 5.47. The quantitative estimate of drug-likeness (QED) is 0.526. The van der Waals surface area contributed by atoms with E-state index in [4.69, 9.17) is 11.6 Å². The number of hydrogen-bond donors (Lipinski definition) is 3. The average Bonchev–Trinajstić information content (AvgIpc) is 2.69. The van der Waals surface area contributed by atoms with Gasteiger partial charge in [0.2, 0.25) is 5.91 Å². The summed E-state index contributed by atoms with van der Waals surface area (Å²) in [6.45, 7) is 1.38. The third kappa shape index (κ3) is 5.37. The van der Waals surface area contributed by atoms with Crippen molar-refractivity contribution < 1.29 is 18.0 Å². The second-order valence-electron chi connectivity index (χ2n) is 6.33. The molecule has 154 valence electrons. The lowest BCUT2D eigenvalue weighted by Gasteiger charge is -2.12. The van der Waals surface area contributed by atoms with E-state index in [0.29, 0.717) is 11.4 Å². The molecule has 3 aromatic rings. The topological polar surface area (TPSA) is 104 Å². The monoisotopic (exact) mass is 443 g/mol. The molecule has 30 heavy (non-hydrogen) atoms. The predicted molar refractivity (Wildman–Crippen MR) is 117 cm³/mol. The Hall–Kier alpha value is -3.36. The van der Waals surface area contributed by atoms with Crippen LogP contribution in [0, 0.1) is 0 Å². The zero-order valence-electron chi connectivity index (χ0n) is 15.8. The van der Waals surface area contributed by atoms with Gasteiger partial charge in [-0.2, -0.15) is 0 Å². The van der Waals surface area contributed by atoms with E-state index in [1.807, 2.05) is 0 Å². The van der Waals surface area contributed by atoms with Crippen molar-refractivity contribution in [1.29, 1.82) is 0 Å². The van der Waals surface area contributed by atoms with Gasteiger partial charge in [-0.3, -0.25) is 14.3 Å². The van der Waals surface area contributed by atoms with E-state index in [1.165, 1.54) is 37.3 Å². The molecule has 0 unspecified atom stereocenters. The number of halogens is 1. The van der Waals surface area contributed by atoms with Crippen LogP contribution in [0.4, 0.5) is 17.1 Å². The van der Waals surface area contributed by atoms with E-state index in [1.54, 1.807) is 42.5 Å². The molecule has 3 N–H and O–H groups in total. The fourth-order valence-corrected chi connectivity index (χ4v) is 3.93. The Kier molecular flexibility index (Phi) is 6.39. The summed E-state index contributed by atoms with van der Waals surface area (Å²) in [4.78, 5) is 24.0. The number of nitrogens with one attached hydrogen (secondary N) is 3. The third-order valence-corrected chi connectivity index (χ3v) is 5.68. The fraction of sp³-hybridized carbons (Fsp3) is 0.0476. The number of anilines is 3. The lowest BCUT2D eigenvalue weighted by atomic mass is 10.2. The average molecular weight is 444 g/mol. The van der Waals surface area contributed by atoms with E-state index in [9.17, 15) is 18.0 Å². The fourth-order valence-electron chi connectivity index (χ4n) is 2.65. The Labute approximate surface area is 179 Å². The Morgan fingerprint density at radius 3 is 2.13 bits per heavy atom. The Morgan fingerprint density at radius 2 is 1.47 bits per heavy atom. The molecule has 7 nitrogen and oxygen atoms in total. The van der Waals surface area contributed by atoms with Crippen LogP contribution in [0.2, 0.25) is 5.02 Å². The van der Waals surface area contributed by atoms with Gasteiger partial charge >= 0.3 is 0 Å². The van der Waals surface area contributed by atoms with Gasteiger partial charge in [0.1, 0.15) is 0 Å². The van der Waals surface area contributed by atoms with Crippen molar-refractivity contribution in [2.75, 3.05) is 15.4 Å². The molecule has 2 amide bonds. The standard InChI is InChI=1S/C21H18ClN3O4S/c1-14(26)23-15-6-5-7-16(12-15)24-21(27)19-13-17(10-11-20(19)22)25-30(28,29)18-8-3-2-4-9-18/h2-13,25H,1H3,(H,23,26)(H,24,27). The molecule has 0 bridgehead atoms. The maximum absolute atomic E-state index is 12.7. The number of sulfonamides is 1. The minimum absolute atomic E-state index is 0.0925. The summed E-state index contributed by atoms with van der Waals surface area (Å²) in [6.07, 6.45) is 0. The van der Waals surface area contributed by atoms with Crippen molar-refractivity contribution in [1.82, 2.24) is 0 Å². The number of amides is 2. The molecule has 0 spiro atoms. The summed E-state index contributed by atoms with van der Waals surface area (Å²) in [5.74, 6) is -0.763. The summed E-state index contributed by atoms with van der Waals surface area (Å²) in [7, 11) is -3.81. The SMILES string of the molecule is CC(=O)Nc1cccc(NC(=O)c2cc(NS(=O)(=O)c3ccccc3)ccc2Cl)c1. The number of carbonyl (C=O) groups excluding carboxylic acids is 2. The molecule has 0 saturated heterocycles. The summed E-state index contributed by atoms with van der Waals surface area (Å²) in [6, 6.07) is 18.7. The highest BCUT2D eigenvalue weighted by Crippen LogP contribution is 2.24. The van der Waals surface area contributed by atoms with Crippen LogP contribution in [-0.4, -0.2) is 20.2 Å². The molecular weight excluding hydrogens is 426 g/mol. The van der Waals surface area contributed by atoms with E-state index >= 15 is 0 Å². The maximum atomic E-state index is 12.7. The van der Waals surface area contributed by atoms with E-state index in [2.05, 4.69) is 15.4 Å². The second-order valence-corrected chi connectivity index (χ2v) is 8.42. The van der Waals surface area contributed by atoms with Gasteiger partial charge in [-0.1, -0.05) is 35.9 Å². The van der Waals surface area contributed by atoms with Crippen molar-refractivity contribution in [3.63, 3.8) is 0 Å². The van der Waals surface area contributed by atoms with Gasteiger partial charge in [0.15, 0.2) is 0 Å². The summed E-state index contributed by atoms with van der Waals surface area (Å²) < 4.78 is 27.4. The molecule has 0 radical (unpaired) electrons. The molecule has 0 aromatic heterocycles. The molecule has 0 aliphatic carbocycles.